The molecule has 2 atom stereocenters. The van der Waals surface area contributed by atoms with Crippen molar-refractivity contribution in [3.63, 3.8) is 0 Å². The number of Topliss-reactive ketones (excluding diaryl/α,β-unsaturated/α-hetero) is 1. The molecule has 0 amide bonds. The predicted octanol–water partition coefficient (Wildman–Crippen LogP) is 3.16. The highest BCUT2D eigenvalue weighted by atomic mass is 35.5. The first kappa shape index (κ1) is 22.5. The summed E-state index contributed by atoms with van der Waals surface area (Å²) >= 11 is 5.83. The van der Waals surface area contributed by atoms with E-state index in [1.165, 1.54) is 18.2 Å². The minimum absolute atomic E-state index is 0.0208. The van der Waals surface area contributed by atoms with Crippen LogP contribution >= 0.6 is 11.6 Å². The van der Waals surface area contributed by atoms with Crippen molar-refractivity contribution in [3.8, 4) is 0 Å². The van der Waals surface area contributed by atoms with E-state index in [0.29, 0.717) is 23.4 Å². The molecule has 2 aromatic rings. The normalized spacial score (nSPS) is 18.7. The van der Waals surface area contributed by atoms with Crippen LogP contribution in [0.3, 0.4) is 0 Å². The maximum atomic E-state index is 13.0. The van der Waals surface area contributed by atoms with E-state index in [2.05, 4.69) is 5.16 Å². The van der Waals surface area contributed by atoms with Gasteiger partial charge in [-0.3, -0.25) is 9.59 Å². The van der Waals surface area contributed by atoms with Gasteiger partial charge in [0.25, 0.3) is 0 Å². The van der Waals surface area contributed by atoms with Crippen LogP contribution in [0, 0.1) is 19.8 Å². The Bertz CT molecular complexity index is 1030. The largest absolute Gasteiger partial charge is 0.454 e. The summed E-state index contributed by atoms with van der Waals surface area (Å²) in [5.74, 6) is -1.40. The van der Waals surface area contributed by atoms with Crippen LogP contribution in [0.4, 0.5) is 0 Å². The van der Waals surface area contributed by atoms with E-state index in [4.69, 9.17) is 20.9 Å². The number of rotatable bonds is 6. The fraction of sp³-hybridized carbons (Fsp3) is 0.450. The molecule has 0 saturated carbocycles. The molecule has 0 bridgehead atoms. The fourth-order valence-electron chi connectivity index (χ4n) is 3.50. The number of benzene rings is 1. The summed E-state index contributed by atoms with van der Waals surface area (Å²) in [5.41, 5.74) is 0.658. The number of ether oxygens (including phenoxy) is 1. The third kappa shape index (κ3) is 4.58. The van der Waals surface area contributed by atoms with Crippen molar-refractivity contribution in [3.05, 3.63) is 46.3 Å². The molecule has 1 aliphatic rings. The van der Waals surface area contributed by atoms with E-state index in [0.717, 1.165) is 0 Å². The van der Waals surface area contributed by atoms with Gasteiger partial charge < -0.3 is 9.26 Å². The van der Waals surface area contributed by atoms with Crippen LogP contribution in [0.15, 0.2) is 33.7 Å². The molecule has 2 heterocycles. The molecule has 0 unspecified atom stereocenters. The summed E-state index contributed by atoms with van der Waals surface area (Å²) < 4.78 is 37.6. The molecule has 1 aromatic heterocycles. The van der Waals surface area contributed by atoms with Crippen LogP contribution in [0.25, 0.3) is 0 Å². The number of carbonyl (C=O) groups excluding carboxylic acids is 2. The van der Waals surface area contributed by atoms with E-state index in [1.54, 1.807) is 31.2 Å². The molecule has 0 spiro atoms. The molecule has 1 aliphatic heterocycles. The van der Waals surface area contributed by atoms with Gasteiger partial charge in [0.15, 0.2) is 11.9 Å². The highest BCUT2D eigenvalue weighted by Crippen LogP contribution is 2.28. The molecule has 162 valence electrons. The summed E-state index contributed by atoms with van der Waals surface area (Å²) in [4.78, 5) is 25.2. The van der Waals surface area contributed by atoms with Crippen LogP contribution < -0.4 is 0 Å². The van der Waals surface area contributed by atoms with E-state index in [1.807, 2.05) is 0 Å². The Morgan fingerprint density at radius 3 is 2.53 bits per heavy atom. The standard InChI is InChI=1S/C20H23ClN2O6S/c1-12-19(14(3)29-22-12)30(26,27)23-10-4-5-16(11-23)20(25)28-13(2)18(24)15-6-8-17(21)9-7-15/h6-9,13,16H,4-5,10-11H2,1-3H3/t13-,16+/m0/s1. The molecule has 30 heavy (non-hydrogen) atoms. The van der Waals surface area contributed by atoms with Crippen molar-refractivity contribution in [1.29, 1.82) is 0 Å². The second-order valence-electron chi connectivity index (χ2n) is 7.31. The summed E-state index contributed by atoms with van der Waals surface area (Å²) in [6.07, 6.45) is -0.0101. The Balaban J connectivity index is 1.68. The Morgan fingerprint density at radius 1 is 1.27 bits per heavy atom. The number of piperidine rings is 1. The number of hydrogen-bond donors (Lipinski definition) is 0. The molecule has 3 rings (SSSR count). The van der Waals surface area contributed by atoms with Crippen molar-refractivity contribution in [2.45, 2.75) is 44.6 Å². The quantitative estimate of drug-likeness (QED) is 0.487. The van der Waals surface area contributed by atoms with Gasteiger partial charge >= 0.3 is 5.97 Å². The maximum absolute atomic E-state index is 13.0. The number of aromatic nitrogens is 1. The SMILES string of the molecule is Cc1noc(C)c1S(=O)(=O)N1CCC[C@@H](C(=O)O[C@@H](C)C(=O)c2ccc(Cl)cc2)C1. The number of esters is 1. The average Bonchev–Trinajstić information content (AvgIpc) is 3.06. The van der Waals surface area contributed by atoms with E-state index in [9.17, 15) is 18.0 Å². The van der Waals surface area contributed by atoms with Gasteiger partial charge in [-0.25, -0.2) is 8.42 Å². The summed E-state index contributed by atoms with van der Waals surface area (Å²) in [6, 6.07) is 6.30. The van der Waals surface area contributed by atoms with Crippen molar-refractivity contribution in [1.82, 2.24) is 9.46 Å². The van der Waals surface area contributed by atoms with Gasteiger partial charge in [-0.1, -0.05) is 16.8 Å². The smallest absolute Gasteiger partial charge is 0.310 e. The number of carbonyl (C=O) groups is 2. The van der Waals surface area contributed by atoms with Crippen LogP contribution in [0.2, 0.25) is 5.02 Å². The fourth-order valence-corrected chi connectivity index (χ4v) is 5.44. The van der Waals surface area contributed by atoms with E-state index < -0.39 is 28.0 Å². The average molecular weight is 455 g/mol. The highest BCUT2D eigenvalue weighted by molar-refractivity contribution is 7.89. The first-order chi connectivity index (χ1) is 14.1. The molecular formula is C20H23ClN2O6S. The summed E-state index contributed by atoms with van der Waals surface area (Å²) in [6.45, 7) is 4.86. The molecule has 1 aromatic carbocycles. The Morgan fingerprint density at radius 2 is 1.93 bits per heavy atom. The minimum Gasteiger partial charge on any atom is -0.454 e. The first-order valence-electron chi connectivity index (χ1n) is 9.54. The third-order valence-electron chi connectivity index (χ3n) is 5.07. The molecule has 0 radical (unpaired) electrons. The second-order valence-corrected chi connectivity index (χ2v) is 9.62. The van der Waals surface area contributed by atoms with Gasteiger partial charge in [-0.15, -0.1) is 0 Å². The minimum atomic E-state index is -3.85. The van der Waals surface area contributed by atoms with Crippen LogP contribution in [0.1, 0.15) is 41.6 Å². The van der Waals surface area contributed by atoms with Gasteiger partial charge in [0.1, 0.15) is 10.6 Å². The molecule has 1 saturated heterocycles. The van der Waals surface area contributed by atoms with E-state index >= 15 is 0 Å². The lowest BCUT2D eigenvalue weighted by atomic mass is 9.99. The van der Waals surface area contributed by atoms with Gasteiger partial charge in [0.2, 0.25) is 15.8 Å². The van der Waals surface area contributed by atoms with Crippen LogP contribution in [0.5, 0.6) is 0 Å². The monoisotopic (exact) mass is 454 g/mol. The lowest BCUT2D eigenvalue weighted by Gasteiger charge is -2.31. The van der Waals surface area contributed by atoms with E-state index in [-0.39, 0.29) is 35.2 Å². The van der Waals surface area contributed by atoms with Crippen LogP contribution in [-0.4, -0.2) is 48.8 Å². The number of hydrogen-bond acceptors (Lipinski definition) is 7. The first-order valence-corrected chi connectivity index (χ1v) is 11.4. The molecule has 8 nitrogen and oxygen atoms in total. The highest BCUT2D eigenvalue weighted by Gasteiger charge is 2.37. The number of ketones is 1. The third-order valence-corrected chi connectivity index (χ3v) is 7.44. The van der Waals surface area contributed by atoms with Crippen LogP contribution in [-0.2, 0) is 19.6 Å². The maximum Gasteiger partial charge on any atom is 0.310 e. The van der Waals surface area contributed by atoms with Gasteiger partial charge in [0, 0.05) is 23.7 Å². The molecule has 0 N–H and O–H groups in total. The van der Waals surface area contributed by atoms with Gasteiger partial charge in [-0.05, 0) is 57.9 Å². The Hall–Kier alpha value is -2.23. The lowest BCUT2D eigenvalue weighted by molar-refractivity contribution is -0.152. The predicted molar refractivity (Wildman–Crippen MR) is 109 cm³/mol. The van der Waals surface area contributed by atoms with Crippen molar-refractivity contribution >= 4 is 33.4 Å². The summed E-state index contributed by atoms with van der Waals surface area (Å²) in [5, 5.41) is 4.20. The van der Waals surface area contributed by atoms with Crippen molar-refractivity contribution < 1.29 is 27.3 Å². The Labute approximate surface area is 180 Å². The zero-order valence-corrected chi connectivity index (χ0v) is 18.5. The number of aryl methyl sites for hydroxylation is 2. The summed E-state index contributed by atoms with van der Waals surface area (Å²) in [7, 11) is -3.85. The second kappa shape index (κ2) is 8.87. The van der Waals surface area contributed by atoms with Gasteiger partial charge in [-0.2, -0.15) is 4.31 Å². The van der Waals surface area contributed by atoms with Gasteiger partial charge in [0.05, 0.1) is 5.92 Å². The molecule has 10 heteroatoms. The molecule has 1 fully saturated rings. The number of nitrogens with zero attached hydrogens (tertiary/aromatic N) is 2. The topological polar surface area (TPSA) is 107 Å². The number of sulfonamides is 1. The zero-order valence-electron chi connectivity index (χ0n) is 16.9. The number of halogens is 1. The lowest BCUT2D eigenvalue weighted by Crippen LogP contribution is -2.43. The Kier molecular flexibility index (Phi) is 6.64. The zero-order chi connectivity index (χ0) is 22.1. The van der Waals surface area contributed by atoms with Crippen molar-refractivity contribution in [2.75, 3.05) is 13.1 Å². The van der Waals surface area contributed by atoms with Crippen molar-refractivity contribution in [2.24, 2.45) is 5.92 Å². The molecule has 0 aliphatic carbocycles. The molecular weight excluding hydrogens is 432 g/mol.